The topological polar surface area (TPSA) is 101 Å². The number of anilines is 2. The highest BCUT2D eigenvalue weighted by molar-refractivity contribution is 6.37. The predicted molar refractivity (Wildman–Crippen MR) is 102 cm³/mol. The van der Waals surface area contributed by atoms with Crippen molar-refractivity contribution < 1.29 is 9.66 Å². The van der Waals surface area contributed by atoms with Gasteiger partial charge in [0.15, 0.2) is 5.75 Å². The Balaban J connectivity index is 1.95. The number of nitrogens with one attached hydrogen (secondary N) is 1. The van der Waals surface area contributed by atoms with Gasteiger partial charge >= 0.3 is 5.69 Å². The number of hydrogen-bond donors (Lipinski definition) is 1. The Morgan fingerprint density at radius 2 is 1.81 bits per heavy atom. The smallest absolute Gasteiger partial charge is 0.329 e. The van der Waals surface area contributed by atoms with E-state index in [0.717, 1.165) is 6.20 Å². The van der Waals surface area contributed by atoms with Gasteiger partial charge in [-0.3, -0.25) is 10.1 Å². The molecule has 0 aliphatic carbocycles. The van der Waals surface area contributed by atoms with Crippen molar-refractivity contribution in [1.82, 2.24) is 4.98 Å². The maximum atomic E-state index is 11.3. The maximum Gasteiger partial charge on any atom is 0.329 e. The summed E-state index contributed by atoms with van der Waals surface area (Å²) in [6.45, 7) is 0. The molecular formula is C18H10Cl2N4O3. The van der Waals surface area contributed by atoms with Crippen molar-refractivity contribution in [3.63, 3.8) is 0 Å². The summed E-state index contributed by atoms with van der Waals surface area (Å²) in [4.78, 5) is 14.7. The lowest BCUT2D eigenvalue weighted by Gasteiger charge is -2.11. The molecule has 0 fully saturated rings. The number of pyridine rings is 1. The van der Waals surface area contributed by atoms with Crippen molar-refractivity contribution >= 4 is 40.4 Å². The zero-order valence-electron chi connectivity index (χ0n) is 13.5. The van der Waals surface area contributed by atoms with E-state index in [1.807, 2.05) is 6.07 Å². The zero-order valence-corrected chi connectivity index (χ0v) is 15.0. The first-order valence-electron chi connectivity index (χ1n) is 7.51. The fraction of sp³-hybridized carbons (Fsp3) is 0. The Hall–Kier alpha value is -3.34. The van der Waals surface area contributed by atoms with E-state index in [4.69, 9.17) is 33.2 Å². The van der Waals surface area contributed by atoms with Crippen LogP contribution in [-0.2, 0) is 0 Å². The summed E-state index contributed by atoms with van der Waals surface area (Å²) in [5.41, 5.74) is 0.822. The number of hydrogen-bond acceptors (Lipinski definition) is 6. The monoisotopic (exact) mass is 400 g/mol. The van der Waals surface area contributed by atoms with E-state index < -0.39 is 4.92 Å². The zero-order chi connectivity index (χ0) is 19.4. The molecule has 0 amide bonds. The van der Waals surface area contributed by atoms with Crippen LogP contribution in [0.2, 0.25) is 10.0 Å². The number of halogens is 2. The normalized spacial score (nSPS) is 10.1. The number of rotatable bonds is 5. The molecule has 0 aliphatic rings. The van der Waals surface area contributed by atoms with Gasteiger partial charge in [-0.25, -0.2) is 4.98 Å². The van der Waals surface area contributed by atoms with Crippen LogP contribution in [0.4, 0.5) is 17.2 Å². The number of para-hydroxylation sites is 1. The molecule has 0 spiro atoms. The molecule has 0 aliphatic heterocycles. The number of benzene rings is 2. The Bertz CT molecular complexity index is 1030. The van der Waals surface area contributed by atoms with Crippen LogP contribution in [0.1, 0.15) is 5.56 Å². The lowest BCUT2D eigenvalue weighted by molar-refractivity contribution is -0.385. The summed E-state index contributed by atoms with van der Waals surface area (Å²) in [5, 5.41) is 23.6. The van der Waals surface area contributed by atoms with Crippen molar-refractivity contribution in [3.8, 4) is 17.6 Å². The molecule has 0 atom stereocenters. The van der Waals surface area contributed by atoms with Gasteiger partial charge in [-0.05, 0) is 36.4 Å². The van der Waals surface area contributed by atoms with Crippen LogP contribution in [0.15, 0.2) is 54.7 Å². The van der Waals surface area contributed by atoms with E-state index in [2.05, 4.69) is 10.3 Å². The van der Waals surface area contributed by atoms with Gasteiger partial charge in [0.1, 0.15) is 12.0 Å². The van der Waals surface area contributed by atoms with Gasteiger partial charge in [0.25, 0.3) is 0 Å². The molecule has 0 unspecified atom stereocenters. The van der Waals surface area contributed by atoms with Crippen molar-refractivity contribution in [2.24, 2.45) is 0 Å². The number of aromatic nitrogens is 1. The molecule has 3 aromatic rings. The van der Waals surface area contributed by atoms with Crippen LogP contribution in [0.25, 0.3) is 0 Å². The highest BCUT2D eigenvalue weighted by Gasteiger charge is 2.20. The summed E-state index contributed by atoms with van der Waals surface area (Å²) >= 11 is 12.1. The van der Waals surface area contributed by atoms with Crippen molar-refractivity contribution in [3.05, 3.63) is 80.5 Å². The van der Waals surface area contributed by atoms with Gasteiger partial charge < -0.3 is 10.1 Å². The van der Waals surface area contributed by atoms with Crippen molar-refractivity contribution in [2.75, 3.05) is 5.32 Å². The van der Waals surface area contributed by atoms with E-state index in [-0.39, 0.29) is 27.2 Å². The third-order valence-electron chi connectivity index (χ3n) is 3.46. The van der Waals surface area contributed by atoms with Gasteiger partial charge in [-0.1, -0.05) is 29.3 Å². The van der Waals surface area contributed by atoms with Gasteiger partial charge in [-0.15, -0.1) is 0 Å². The quantitative estimate of drug-likeness (QED) is 0.434. The molecule has 27 heavy (non-hydrogen) atoms. The molecule has 0 saturated heterocycles. The highest BCUT2D eigenvalue weighted by Crippen LogP contribution is 2.40. The van der Waals surface area contributed by atoms with Gasteiger partial charge in [-0.2, -0.15) is 5.26 Å². The lowest BCUT2D eigenvalue weighted by Crippen LogP contribution is -1.99. The second-order valence-corrected chi connectivity index (χ2v) is 6.08. The summed E-state index contributed by atoms with van der Waals surface area (Å²) in [6, 6.07) is 14.8. The average molecular weight is 401 g/mol. The Morgan fingerprint density at radius 1 is 1.15 bits per heavy atom. The summed E-state index contributed by atoms with van der Waals surface area (Å²) in [6.07, 6.45) is 1.08. The standard InChI is InChI=1S/C18H10Cl2N4O3/c19-13-2-1-3-14(20)18(13)27-16-8-17(22-10-15(16)24(25)26)23-12-6-4-11(9-21)5-7-12/h1-8,10H,(H,22,23). The molecule has 1 aromatic heterocycles. The van der Waals surface area contributed by atoms with Crippen LogP contribution >= 0.6 is 23.2 Å². The van der Waals surface area contributed by atoms with E-state index >= 15 is 0 Å². The van der Waals surface area contributed by atoms with Gasteiger partial charge in [0.2, 0.25) is 5.75 Å². The van der Waals surface area contributed by atoms with Gasteiger partial charge in [0.05, 0.1) is 26.6 Å². The predicted octanol–water partition coefficient (Wildman–Crippen LogP) is 5.70. The van der Waals surface area contributed by atoms with E-state index in [1.165, 1.54) is 6.07 Å². The fourth-order valence-corrected chi connectivity index (χ4v) is 2.66. The lowest BCUT2D eigenvalue weighted by atomic mass is 10.2. The molecular weight excluding hydrogens is 391 g/mol. The minimum atomic E-state index is -0.613. The Kier molecular flexibility index (Phi) is 5.41. The van der Waals surface area contributed by atoms with Crippen LogP contribution in [0.5, 0.6) is 11.5 Å². The maximum absolute atomic E-state index is 11.3. The van der Waals surface area contributed by atoms with Gasteiger partial charge in [0, 0.05) is 11.8 Å². The number of nitrogens with zero attached hydrogens (tertiary/aromatic N) is 3. The fourth-order valence-electron chi connectivity index (χ4n) is 2.18. The molecule has 0 bridgehead atoms. The third kappa shape index (κ3) is 4.26. The van der Waals surface area contributed by atoms with Crippen LogP contribution in [0.3, 0.4) is 0 Å². The Labute approximate surface area is 163 Å². The van der Waals surface area contributed by atoms with Crippen LogP contribution in [0, 0.1) is 21.4 Å². The van der Waals surface area contributed by atoms with Crippen LogP contribution < -0.4 is 10.1 Å². The molecule has 0 saturated carbocycles. The average Bonchev–Trinajstić information content (AvgIpc) is 2.65. The summed E-state index contributed by atoms with van der Waals surface area (Å²) < 4.78 is 5.62. The largest absolute Gasteiger partial charge is 0.447 e. The molecule has 3 rings (SSSR count). The molecule has 0 radical (unpaired) electrons. The first-order chi connectivity index (χ1) is 13.0. The third-order valence-corrected chi connectivity index (χ3v) is 4.06. The number of ether oxygens (including phenoxy) is 1. The first kappa shape index (κ1) is 18.5. The summed E-state index contributed by atoms with van der Waals surface area (Å²) in [7, 11) is 0. The molecule has 1 heterocycles. The first-order valence-corrected chi connectivity index (χ1v) is 8.27. The Morgan fingerprint density at radius 3 is 2.41 bits per heavy atom. The SMILES string of the molecule is N#Cc1ccc(Nc2cc(Oc3c(Cl)cccc3Cl)c([N+](=O)[O-])cn2)cc1. The van der Waals surface area contributed by atoms with Crippen LogP contribution in [-0.4, -0.2) is 9.91 Å². The van der Waals surface area contributed by atoms with E-state index in [9.17, 15) is 10.1 Å². The molecule has 1 N–H and O–H groups in total. The highest BCUT2D eigenvalue weighted by atomic mass is 35.5. The van der Waals surface area contributed by atoms with Crippen molar-refractivity contribution in [1.29, 1.82) is 5.26 Å². The minimum absolute atomic E-state index is 0.0684. The van der Waals surface area contributed by atoms with E-state index in [1.54, 1.807) is 42.5 Å². The number of nitriles is 1. The number of nitro groups is 1. The molecule has 9 heteroatoms. The second-order valence-electron chi connectivity index (χ2n) is 5.26. The minimum Gasteiger partial charge on any atom is -0.447 e. The molecule has 134 valence electrons. The van der Waals surface area contributed by atoms with E-state index in [0.29, 0.717) is 17.1 Å². The second kappa shape index (κ2) is 7.91. The molecule has 7 nitrogen and oxygen atoms in total. The summed E-state index contributed by atoms with van der Waals surface area (Å²) in [5.74, 6) is 0.351. The molecule has 2 aromatic carbocycles. The van der Waals surface area contributed by atoms with Crippen molar-refractivity contribution in [2.45, 2.75) is 0 Å².